The predicted octanol–water partition coefficient (Wildman–Crippen LogP) is -0.367. The van der Waals surface area contributed by atoms with Crippen molar-refractivity contribution in [2.24, 2.45) is 0 Å². The summed E-state index contributed by atoms with van der Waals surface area (Å²) in [6, 6.07) is -0.291. The lowest BCUT2D eigenvalue weighted by Crippen LogP contribution is -2.54. The van der Waals surface area contributed by atoms with Gasteiger partial charge in [-0.05, 0) is 6.92 Å². The maximum Gasteiger partial charge on any atom is 0.217 e. The first kappa shape index (κ1) is 11.4. The highest BCUT2D eigenvalue weighted by molar-refractivity contribution is 5.73. The van der Waals surface area contributed by atoms with Gasteiger partial charge < -0.3 is 19.9 Å². The summed E-state index contributed by atoms with van der Waals surface area (Å²) >= 11 is 0. The summed E-state index contributed by atoms with van der Waals surface area (Å²) in [5.74, 6) is -0.155. The Morgan fingerprint density at radius 1 is 1.64 bits per heavy atom. The van der Waals surface area contributed by atoms with Gasteiger partial charge in [0.1, 0.15) is 6.10 Å². The number of ether oxygens (including phenoxy) is 2. The minimum atomic E-state index is -0.676. The second-order valence-electron chi connectivity index (χ2n) is 3.54. The lowest BCUT2D eigenvalue weighted by molar-refractivity contribution is -0.214. The summed E-state index contributed by atoms with van der Waals surface area (Å²) in [6.07, 6.45) is -0.886. The van der Waals surface area contributed by atoms with Gasteiger partial charge in [-0.3, -0.25) is 4.79 Å². The van der Waals surface area contributed by atoms with E-state index in [9.17, 15) is 9.90 Å². The number of aliphatic hydroxyl groups is 1. The van der Waals surface area contributed by atoms with Crippen molar-refractivity contribution in [2.75, 3.05) is 7.11 Å². The van der Waals surface area contributed by atoms with Crippen LogP contribution in [0.15, 0.2) is 0 Å². The summed E-state index contributed by atoms with van der Waals surface area (Å²) in [7, 11) is 1.54. The van der Waals surface area contributed by atoms with E-state index >= 15 is 0 Å². The highest BCUT2D eigenvalue weighted by atomic mass is 16.7. The van der Waals surface area contributed by atoms with E-state index in [0.29, 0.717) is 6.42 Å². The molecule has 0 aliphatic carbocycles. The number of nitrogens with one attached hydrogen (secondary N) is 1. The normalized spacial score (nSPS) is 38.0. The fourth-order valence-corrected chi connectivity index (χ4v) is 1.61. The molecule has 1 aliphatic rings. The van der Waals surface area contributed by atoms with Gasteiger partial charge in [-0.1, -0.05) is 0 Å². The summed E-state index contributed by atoms with van der Waals surface area (Å²) < 4.78 is 10.4. The Morgan fingerprint density at radius 2 is 2.29 bits per heavy atom. The van der Waals surface area contributed by atoms with Crippen LogP contribution in [0.3, 0.4) is 0 Å². The Bertz CT molecular complexity index is 209. The number of rotatable bonds is 2. The molecule has 0 aromatic heterocycles. The number of carbonyl (C=O) groups is 1. The molecule has 0 aromatic carbocycles. The first-order chi connectivity index (χ1) is 6.54. The molecule has 2 N–H and O–H groups in total. The van der Waals surface area contributed by atoms with E-state index < -0.39 is 6.10 Å². The minimum Gasteiger partial charge on any atom is -0.388 e. The Hall–Kier alpha value is -0.650. The molecule has 1 aliphatic heterocycles. The molecule has 1 heterocycles. The molecule has 82 valence electrons. The molecule has 5 nitrogen and oxygen atoms in total. The van der Waals surface area contributed by atoms with Crippen LogP contribution in [0.5, 0.6) is 0 Å². The molecule has 4 atom stereocenters. The van der Waals surface area contributed by atoms with Crippen LogP contribution >= 0.6 is 0 Å². The lowest BCUT2D eigenvalue weighted by Gasteiger charge is -2.37. The molecule has 0 unspecified atom stereocenters. The second kappa shape index (κ2) is 4.72. The summed E-state index contributed by atoms with van der Waals surface area (Å²) in [5, 5.41) is 12.4. The number of carbonyl (C=O) groups excluding carboxylic acids is 1. The van der Waals surface area contributed by atoms with E-state index in [2.05, 4.69) is 5.32 Å². The number of aliphatic hydroxyl groups excluding tert-OH is 1. The average molecular weight is 203 g/mol. The lowest BCUT2D eigenvalue weighted by atomic mass is 9.99. The van der Waals surface area contributed by atoms with E-state index in [-0.39, 0.29) is 24.3 Å². The zero-order chi connectivity index (χ0) is 10.7. The number of hydrogen-bond donors (Lipinski definition) is 2. The van der Waals surface area contributed by atoms with Gasteiger partial charge in [-0.2, -0.15) is 0 Å². The molecular formula is C9H17NO4. The van der Waals surface area contributed by atoms with Gasteiger partial charge in [-0.15, -0.1) is 0 Å². The van der Waals surface area contributed by atoms with E-state index in [4.69, 9.17) is 9.47 Å². The Kier molecular flexibility index (Phi) is 3.86. The fraction of sp³-hybridized carbons (Fsp3) is 0.889. The van der Waals surface area contributed by atoms with Crippen LogP contribution in [0.2, 0.25) is 0 Å². The van der Waals surface area contributed by atoms with Crippen molar-refractivity contribution in [3.63, 3.8) is 0 Å². The molecule has 1 fully saturated rings. The first-order valence-corrected chi connectivity index (χ1v) is 4.68. The molecular weight excluding hydrogens is 186 g/mol. The second-order valence-corrected chi connectivity index (χ2v) is 3.54. The van der Waals surface area contributed by atoms with Gasteiger partial charge in [0.05, 0.1) is 12.1 Å². The topological polar surface area (TPSA) is 67.8 Å². The Morgan fingerprint density at radius 3 is 2.79 bits per heavy atom. The van der Waals surface area contributed by atoms with Crippen molar-refractivity contribution < 1.29 is 19.4 Å². The third kappa shape index (κ3) is 2.67. The standard InChI is InChI=1S/C9H17NO4/c1-5-9(12)7(10-6(2)11)4-8(13-3)14-5/h5,7-9,12H,4H2,1-3H3,(H,10,11)/t5-,7-,8-,9+/m1/s1. The molecule has 1 amide bonds. The first-order valence-electron chi connectivity index (χ1n) is 4.68. The van der Waals surface area contributed by atoms with Crippen LogP contribution in [-0.2, 0) is 14.3 Å². The Balaban J connectivity index is 2.57. The van der Waals surface area contributed by atoms with Gasteiger partial charge in [0.15, 0.2) is 6.29 Å². The third-order valence-corrected chi connectivity index (χ3v) is 2.36. The van der Waals surface area contributed by atoms with Crippen molar-refractivity contribution in [1.82, 2.24) is 5.32 Å². The molecule has 14 heavy (non-hydrogen) atoms. The Labute approximate surface area is 83.4 Å². The summed E-state index contributed by atoms with van der Waals surface area (Å²) in [5.41, 5.74) is 0. The molecule has 0 spiro atoms. The van der Waals surface area contributed by atoms with E-state index in [1.807, 2.05) is 0 Å². The number of amides is 1. The quantitative estimate of drug-likeness (QED) is 0.642. The summed E-state index contributed by atoms with van der Waals surface area (Å²) in [6.45, 7) is 3.18. The number of hydrogen-bond acceptors (Lipinski definition) is 4. The SMILES string of the molecule is CO[C@H]1C[C@@H](NC(C)=O)[C@@H](O)[C@@H](C)O1. The van der Waals surface area contributed by atoms with E-state index in [1.165, 1.54) is 6.92 Å². The van der Waals surface area contributed by atoms with Crippen molar-refractivity contribution in [3.05, 3.63) is 0 Å². The maximum absolute atomic E-state index is 10.9. The molecule has 0 saturated carbocycles. The van der Waals surface area contributed by atoms with E-state index in [1.54, 1.807) is 14.0 Å². The van der Waals surface area contributed by atoms with Crippen LogP contribution in [-0.4, -0.2) is 42.7 Å². The molecule has 0 bridgehead atoms. The maximum atomic E-state index is 10.9. The molecule has 5 heteroatoms. The molecule has 0 radical (unpaired) electrons. The highest BCUT2D eigenvalue weighted by Crippen LogP contribution is 2.20. The van der Waals surface area contributed by atoms with Crippen molar-refractivity contribution in [3.8, 4) is 0 Å². The van der Waals surface area contributed by atoms with Crippen LogP contribution < -0.4 is 5.32 Å². The van der Waals surface area contributed by atoms with Crippen LogP contribution in [0.1, 0.15) is 20.3 Å². The predicted molar refractivity (Wildman–Crippen MR) is 49.6 cm³/mol. The van der Waals surface area contributed by atoms with Crippen LogP contribution in [0.4, 0.5) is 0 Å². The third-order valence-electron chi connectivity index (χ3n) is 2.36. The van der Waals surface area contributed by atoms with Crippen molar-refractivity contribution in [2.45, 2.75) is 44.8 Å². The van der Waals surface area contributed by atoms with Gasteiger partial charge in [0.2, 0.25) is 5.91 Å². The van der Waals surface area contributed by atoms with Gasteiger partial charge >= 0.3 is 0 Å². The monoisotopic (exact) mass is 203 g/mol. The zero-order valence-electron chi connectivity index (χ0n) is 8.69. The zero-order valence-corrected chi connectivity index (χ0v) is 8.69. The van der Waals surface area contributed by atoms with Gasteiger partial charge in [0, 0.05) is 20.5 Å². The van der Waals surface area contributed by atoms with Crippen LogP contribution in [0, 0.1) is 0 Å². The number of methoxy groups -OCH3 is 1. The smallest absolute Gasteiger partial charge is 0.217 e. The van der Waals surface area contributed by atoms with Gasteiger partial charge in [-0.25, -0.2) is 0 Å². The largest absolute Gasteiger partial charge is 0.388 e. The highest BCUT2D eigenvalue weighted by Gasteiger charge is 2.35. The van der Waals surface area contributed by atoms with Crippen molar-refractivity contribution in [1.29, 1.82) is 0 Å². The van der Waals surface area contributed by atoms with Crippen LogP contribution in [0.25, 0.3) is 0 Å². The average Bonchev–Trinajstić information content (AvgIpc) is 2.11. The van der Waals surface area contributed by atoms with E-state index in [0.717, 1.165) is 0 Å². The summed E-state index contributed by atoms with van der Waals surface area (Å²) in [4.78, 5) is 10.9. The molecule has 0 aromatic rings. The van der Waals surface area contributed by atoms with Gasteiger partial charge in [0.25, 0.3) is 0 Å². The fourth-order valence-electron chi connectivity index (χ4n) is 1.61. The molecule has 1 rings (SSSR count). The van der Waals surface area contributed by atoms with Crippen molar-refractivity contribution >= 4 is 5.91 Å². The molecule has 1 saturated heterocycles. The minimum absolute atomic E-state index is 0.155.